The zero-order valence-electron chi connectivity index (χ0n) is 23.6. The molecule has 12 heteroatoms. The molecule has 3 heterocycles. The summed E-state index contributed by atoms with van der Waals surface area (Å²) in [6.45, 7) is 9.77. The number of rotatable bonds is 8. The molecule has 0 radical (unpaired) electrons. The topological polar surface area (TPSA) is 144 Å². The molecule has 0 saturated heterocycles. The van der Waals surface area contributed by atoms with E-state index in [9.17, 15) is 18.0 Å². The number of benzene rings is 1. The third kappa shape index (κ3) is 7.22. The van der Waals surface area contributed by atoms with E-state index in [-0.39, 0.29) is 28.6 Å². The third-order valence-electron chi connectivity index (χ3n) is 6.61. The summed E-state index contributed by atoms with van der Waals surface area (Å²) in [6, 6.07) is 7.45. The van der Waals surface area contributed by atoms with Crippen molar-refractivity contribution < 1.29 is 22.5 Å². The lowest BCUT2D eigenvalue weighted by atomic mass is 9.82. The first-order valence-electron chi connectivity index (χ1n) is 13.6. The van der Waals surface area contributed by atoms with E-state index < -0.39 is 27.8 Å². The largest absolute Gasteiger partial charge is 0.347 e. The number of carbonyl (C=O) groups is 2. The lowest BCUT2D eigenvalue weighted by Gasteiger charge is -2.27. The lowest BCUT2D eigenvalue weighted by molar-refractivity contribution is -0.122. The van der Waals surface area contributed by atoms with Crippen molar-refractivity contribution in [3.8, 4) is 11.4 Å². The van der Waals surface area contributed by atoms with E-state index >= 15 is 0 Å². The summed E-state index contributed by atoms with van der Waals surface area (Å²) in [4.78, 5) is 34.7. The number of hydrogen-bond acceptors (Lipinski definition) is 9. The molecule has 1 saturated carbocycles. The van der Waals surface area contributed by atoms with Crippen molar-refractivity contribution in [2.75, 3.05) is 6.54 Å². The van der Waals surface area contributed by atoms with Gasteiger partial charge in [-0.3, -0.25) is 19.3 Å². The van der Waals surface area contributed by atoms with Gasteiger partial charge in [-0.1, -0.05) is 64.7 Å². The normalized spacial score (nSPS) is 17.9. The molecule has 0 unspecified atom stereocenters. The van der Waals surface area contributed by atoms with Crippen molar-refractivity contribution in [3.05, 3.63) is 52.5 Å². The second kappa shape index (κ2) is 13.8. The van der Waals surface area contributed by atoms with Gasteiger partial charge in [-0.05, 0) is 48.3 Å². The molecule has 0 bridgehead atoms. The smallest absolute Gasteiger partial charge is 0.296 e. The molecule has 0 spiro atoms. The van der Waals surface area contributed by atoms with Crippen molar-refractivity contribution in [3.63, 3.8) is 0 Å². The highest BCUT2D eigenvalue weighted by molar-refractivity contribution is 7.90. The number of hydrogen-bond donors (Lipinski definition) is 2. The van der Waals surface area contributed by atoms with Crippen molar-refractivity contribution in [1.82, 2.24) is 20.2 Å². The molecule has 1 amide bonds. The summed E-state index contributed by atoms with van der Waals surface area (Å²) in [7, 11) is -3.74. The molecular weight excluding hydrogens is 550 g/mol. The maximum absolute atomic E-state index is 13.2. The van der Waals surface area contributed by atoms with Crippen LogP contribution in [0.15, 0.2) is 55.5 Å². The zero-order valence-corrected chi connectivity index (χ0v) is 25.2. The molecule has 2 aromatic heterocycles. The molecule has 1 atom stereocenters. The molecular formula is C28H37N5O5S2. The Morgan fingerprint density at radius 3 is 2.52 bits per heavy atom. The molecule has 1 aliphatic heterocycles. The van der Waals surface area contributed by atoms with Crippen LogP contribution in [0.2, 0.25) is 0 Å². The molecule has 5 rings (SSSR count). The Labute approximate surface area is 239 Å². The van der Waals surface area contributed by atoms with Crippen molar-refractivity contribution >= 4 is 38.9 Å². The van der Waals surface area contributed by atoms with Crippen molar-refractivity contribution in [2.45, 2.75) is 77.7 Å². The maximum Gasteiger partial charge on any atom is 0.296 e. The monoisotopic (exact) mass is 587 g/mol. The number of carbonyl (C=O) groups excluding carboxylic acids is 2. The number of thiophene rings is 1. The fraction of sp³-hybridized carbons (Fsp3) is 0.464. The Bertz CT molecular complexity index is 1420. The average Bonchev–Trinajstić information content (AvgIpc) is 3.77. The van der Waals surface area contributed by atoms with E-state index in [0.717, 1.165) is 31.2 Å². The Morgan fingerprint density at radius 2 is 1.85 bits per heavy atom. The van der Waals surface area contributed by atoms with Crippen molar-refractivity contribution in [2.24, 2.45) is 10.4 Å². The molecule has 1 aromatic carbocycles. The standard InChI is InChI=1S/C24H25N5O5S2.2C2H6/c1-24(9-4-5-10-24)12-17(26-21-16-6-2-3-7-19(16)36(32,33)29-21)22(31)25-13-18(30)23-27-20(28-34-23)15-8-11-35-14-15;2*1-2/h2-3,6-8,11,14,17H,4-5,9-10,12-13H2,1H3,(H,25,31)(H,26,29);2*1-2H3/t17-;;/m0../s1. The number of nitrogens with one attached hydrogen (secondary N) is 2. The zero-order chi connectivity index (χ0) is 29.3. The van der Waals surface area contributed by atoms with E-state index in [4.69, 9.17) is 4.52 Å². The minimum atomic E-state index is -3.74. The minimum absolute atomic E-state index is 0.102. The Balaban J connectivity index is 0.00000106. The van der Waals surface area contributed by atoms with Gasteiger partial charge in [0.2, 0.25) is 17.5 Å². The number of ketones is 1. The second-order valence-corrected chi connectivity index (χ2v) is 11.8. The van der Waals surface area contributed by atoms with Gasteiger partial charge in [-0.15, -0.1) is 0 Å². The quantitative estimate of drug-likeness (QED) is 0.344. The van der Waals surface area contributed by atoms with E-state index in [1.807, 2.05) is 44.5 Å². The molecule has 40 heavy (non-hydrogen) atoms. The number of sulfonamides is 1. The Kier molecular flexibility index (Phi) is 10.7. The summed E-state index contributed by atoms with van der Waals surface area (Å²) < 4.78 is 32.6. The Hall–Kier alpha value is -3.38. The average molecular weight is 588 g/mol. The van der Waals surface area contributed by atoms with Crippen molar-refractivity contribution in [1.29, 1.82) is 0 Å². The highest BCUT2D eigenvalue weighted by atomic mass is 32.2. The van der Waals surface area contributed by atoms with E-state index in [0.29, 0.717) is 17.8 Å². The molecule has 1 aliphatic carbocycles. The molecule has 2 aliphatic rings. The van der Waals surface area contributed by atoms with Crippen LogP contribution in [0.4, 0.5) is 0 Å². The fourth-order valence-electron chi connectivity index (χ4n) is 4.69. The highest BCUT2D eigenvalue weighted by Gasteiger charge is 2.37. The van der Waals surface area contributed by atoms with E-state index in [1.54, 1.807) is 18.2 Å². The highest BCUT2D eigenvalue weighted by Crippen LogP contribution is 2.42. The summed E-state index contributed by atoms with van der Waals surface area (Å²) >= 11 is 1.47. The number of aromatic nitrogens is 2. The van der Waals surface area contributed by atoms with Gasteiger partial charge in [0.1, 0.15) is 11.9 Å². The van der Waals surface area contributed by atoms with Crippen LogP contribution in [-0.2, 0) is 14.8 Å². The van der Waals surface area contributed by atoms with Gasteiger partial charge in [0.15, 0.2) is 0 Å². The Morgan fingerprint density at radius 1 is 1.15 bits per heavy atom. The van der Waals surface area contributed by atoms with Gasteiger partial charge in [0, 0.05) is 16.5 Å². The molecule has 2 N–H and O–H groups in total. The summed E-state index contributed by atoms with van der Waals surface area (Å²) in [6.07, 6.45) is 4.48. The van der Waals surface area contributed by atoms with Gasteiger partial charge in [-0.25, -0.2) is 8.42 Å². The van der Waals surface area contributed by atoms with Crippen LogP contribution in [0, 0.1) is 5.41 Å². The summed E-state index contributed by atoms with van der Waals surface area (Å²) in [5.41, 5.74) is 1.07. The maximum atomic E-state index is 13.2. The SMILES string of the molecule is CC.CC.CC1(C[C@H](N=C2NS(=O)(=O)c3ccccc32)C(=O)NCC(=O)c2nc(-c3ccsc3)no2)CCCC1. The number of Topliss-reactive ketones (excluding diaryl/α,β-unsaturated/α-hetero) is 1. The molecule has 216 valence electrons. The van der Waals surface area contributed by atoms with Crippen LogP contribution < -0.4 is 10.0 Å². The summed E-state index contributed by atoms with van der Waals surface area (Å²) in [5.74, 6) is -0.750. The predicted octanol–water partition coefficient (Wildman–Crippen LogP) is 5.23. The first kappa shape index (κ1) is 31.2. The molecule has 3 aromatic rings. The second-order valence-electron chi connectivity index (χ2n) is 9.39. The van der Waals surface area contributed by atoms with Crippen LogP contribution in [0.1, 0.15) is 83.0 Å². The van der Waals surface area contributed by atoms with E-state index in [1.165, 1.54) is 17.4 Å². The summed E-state index contributed by atoms with van der Waals surface area (Å²) in [5, 5.41) is 10.2. The van der Waals surface area contributed by atoms with Crippen LogP contribution in [0.5, 0.6) is 0 Å². The number of nitrogens with zero attached hydrogens (tertiary/aromatic N) is 3. The van der Waals surface area contributed by atoms with Crippen LogP contribution >= 0.6 is 11.3 Å². The van der Waals surface area contributed by atoms with Gasteiger partial charge in [-0.2, -0.15) is 16.3 Å². The number of fused-ring (bicyclic) bond motifs is 1. The molecule has 1 fully saturated rings. The molecule has 10 nitrogen and oxygen atoms in total. The number of amidine groups is 1. The predicted molar refractivity (Wildman–Crippen MR) is 156 cm³/mol. The number of aliphatic imine (C=N–C) groups is 1. The lowest BCUT2D eigenvalue weighted by Crippen LogP contribution is -2.40. The van der Waals surface area contributed by atoms with Gasteiger partial charge >= 0.3 is 0 Å². The minimum Gasteiger partial charge on any atom is -0.347 e. The van der Waals surface area contributed by atoms with Gasteiger partial charge < -0.3 is 9.84 Å². The van der Waals surface area contributed by atoms with Gasteiger partial charge in [0.05, 0.1) is 11.4 Å². The van der Waals surface area contributed by atoms with Crippen LogP contribution in [0.25, 0.3) is 11.4 Å². The number of amides is 1. The first-order chi connectivity index (χ1) is 19.2. The first-order valence-corrected chi connectivity index (χ1v) is 16.0. The van der Waals surface area contributed by atoms with Crippen LogP contribution in [-0.4, -0.2) is 48.7 Å². The third-order valence-corrected chi connectivity index (χ3v) is 8.69. The van der Waals surface area contributed by atoms with Gasteiger partial charge in [0.25, 0.3) is 15.9 Å². The van der Waals surface area contributed by atoms with Crippen LogP contribution in [0.3, 0.4) is 0 Å². The fourth-order valence-corrected chi connectivity index (χ4v) is 6.56. The van der Waals surface area contributed by atoms with E-state index in [2.05, 4.69) is 32.1 Å².